The number of benzene rings is 2. The van der Waals surface area contributed by atoms with E-state index in [4.69, 9.17) is 9.15 Å². The number of carbonyl (C=O) groups is 1. The number of anilines is 1. The number of morpholine rings is 1. The highest BCUT2D eigenvalue weighted by atomic mass is 32.2. The van der Waals surface area contributed by atoms with Gasteiger partial charge in [-0.2, -0.15) is 13.1 Å². The van der Waals surface area contributed by atoms with Crippen molar-refractivity contribution >= 4 is 21.6 Å². The van der Waals surface area contributed by atoms with E-state index >= 15 is 0 Å². The molecule has 1 aliphatic rings. The Hall–Kier alpha value is -3.49. The van der Waals surface area contributed by atoms with Gasteiger partial charge < -0.3 is 19.2 Å². The van der Waals surface area contributed by atoms with Gasteiger partial charge in [0.25, 0.3) is 5.91 Å². The van der Waals surface area contributed by atoms with E-state index in [0.717, 1.165) is 0 Å². The van der Waals surface area contributed by atoms with Gasteiger partial charge >= 0.3 is 0 Å². The lowest BCUT2D eigenvalue weighted by Crippen LogP contribution is -2.40. The van der Waals surface area contributed by atoms with Crippen molar-refractivity contribution in [2.24, 2.45) is 0 Å². The summed E-state index contributed by atoms with van der Waals surface area (Å²) in [7, 11) is -3.71. The van der Waals surface area contributed by atoms with Crippen molar-refractivity contribution in [3.8, 4) is 5.75 Å². The number of furan rings is 1. The summed E-state index contributed by atoms with van der Waals surface area (Å²) in [6.07, 6.45) is 0. The average molecular weight is 532 g/mol. The monoisotopic (exact) mass is 532 g/mol. The molecular formula is C22H17F5N2O6S. The van der Waals surface area contributed by atoms with Crippen LogP contribution in [0.5, 0.6) is 5.75 Å². The van der Waals surface area contributed by atoms with Crippen LogP contribution < -0.4 is 10.1 Å². The minimum atomic E-state index is -3.71. The molecule has 4 rings (SSSR count). The molecule has 0 aliphatic carbocycles. The Balaban J connectivity index is 1.40. The fraction of sp³-hybridized carbons (Fsp3) is 0.227. The summed E-state index contributed by atoms with van der Waals surface area (Å²) in [6, 6.07) is 7.81. The predicted octanol–water partition coefficient (Wildman–Crippen LogP) is 3.83. The van der Waals surface area contributed by atoms with Crippen LogP contribution in [0, 0.1) is 29.1 Å². The molecule has 1 aliphatic heterocycles. The lowest BCUT2D eigenvalue weighted by molar-refractivity contribution is 0.0730. The Kier molecular flexibility index (Phi) is 7.28. The third kappa shape index (κ3) is 5.05. The lowest BCUT2D eigenvalue weighted by Gasteiger charge is -2.26. The molecule has 192 valence electrons. The maximum absolute atomic E-state index is 13.7. The van der Waals surface area contributed by atoms with Crippen LogP contribution >= 0.6 is 0 Å². The number of halogens is 5. The molecule has 2 aromatic carbocycles. The maximum atomic E-state index is 13.7. The third-order valence-corrected chi connectivity index (χ3v) is 7.05. The SMILES string of the molecule is O=C(Nc1ccc(S(=O)(=O)N2CCOCC2)cc1)c1ccc(COc2c(F)c(F)c(F)c(F)c2F)o1. The average Bonchev–Trinajstić information content (AvgIpc) is 3.36. The highest BCUT2D eigenvalue weighted by Gasteiger charge is 2.28. The second-order valence-electron chi connectivity index (χ2n) is 7.45. The Morgan fingerprint density at radius 3 is 2.08 bits per heavy atom. The fourth-order valence-corrected chi connectivity index (χ4v) is 4.68. The van der Waals surface area contributed by atoms with Crippen molar-refractivity contribution in [2.75, 3.05) is 31.6 Å². The molecule has 0 saturated carbocycles. The van der Waals surface area contributed by atoms with Crippen molar-refractivity contribution in [3.05, 3.63) is 77.0 Å². The summed E-state index contributed by atoms with van der Waals surface area (Å²) in [5.41, 5.74) is 0.247. The third-order valence-electron chi connectivity index (χ3n) is 5.13. The molecule has 2 heterocycles. The molecule has 0 radical (unpaired) electrons. The molecule has 1 amide bonds. The van der Waals surface area contributed by atoms with Crippen LogP contribution in [0.25, 0.3) is 0 Å². The standard InChI is InChI=1S/C22H17F5N2O6S/c23-16-17(24)19(26)21(20(27)18(16)25)34-11-13-3-6-15(35-13)22(30)28-12-1-4-14(5-2-12)36(31,32)29-7-9-33-10-8-29/h1-6H,7-11H2,(H,28,30). The van der Waals surface area contributed by atoms with Gasteiger partial charge in [-0.1, -0.05) is 0 Å². The topological polar surface area (TPSA) is 98.1 Å². The first kappa shape index (κ1) is 25.6. The van der Waals surface area contributed by atoms with Gasteiger partial charge in [-0.3, -0.25) is 4.79 Å². The van der Waals surface area contributed by atoms with Crippen LogP contribution in [-0.4, -0.2) is 44.9 Å². The van der Waals surface area contributed by atoms with Crippen molar-refractivity contribution in [3.63, 3.8) is 0 Å². The van der Waals surface area contributed by atoms with Gasteiger partial charge in [0.15, 0.2) is 11.5 Å². The molecule has 1 aromatic heterocycles. The molecule has 3 aromatic rings. The molecule has 1 N–H and O–H groups in total. The largest absolute Gasteiger partial charge is 0.479 e. The summed E-state index contributed by atoms with van der Waals surface area (Å²) < 4.78 is 109. The Morgan fingerprint density at radius 1 is 0.889 bits per heavy atom. The highest BCUT2D eigenvalue weighted by Crippen LogP contribution is 2.30. The summed E-state index contributed by atoms with van der Waals surface area (Å²) in [5, 5.41) is 2.48. The number of hydrogen-bond donors (Lipinski definition) is 1. The molecule has 0 bridgehead atoms. The van der Waals surface area contributed by atoms with E-state index in [-0.39, 0.29) is 35.2 Å². The summed E-state index contributed by atoms with van der Waals surface area (Å²) >= 11 is 0. The van der Waals surface area contributed by atoms with Gasteiger partial charge in [0.1, 0.15) is 12.4 Å². The van der Waals surface area contributed by atoms with E-state index < -0.39 is 57.4 Å². The van der Waals surface area contributed by atoms with Crippen molar-refractivity contribution in [1.82, 2.24) is 4.31 Å². The highest BCUT2D eigenvalue weighted by molar-refractivity contribution is 7.89. The first-order chi connectivity index (χ1) is 17.1. The molecule has 14 heteroatoms. The van der Waals surface area contributed by atoms with Gasteiger partial charge in [-0.25, -0.2) is 21.6 Å². The number of sulfonamides is 1. The van der Waals surface area contributed by atoms with Gasteiger partial charge in [-0.05, 0) is 36.4 Å². The van der Waals surface area contributed by atoms with Crippen LogP contribution in [0.3, 0.4) is 0 Å². The van der Waals surface area contributed by atoms with Crippen molar-refractivity contribution in [1.29, 1.82) is 0 Å². The summed E-state index contributed by atoms with van der Waals surface area (Å²) in [4.78, 5) is 12.5. The van der Waals surface area contributed by atoms with Crippen LogP contribution in [-0.2, 0) is 21.4 Å². The minimum Gasteiger partial charge on any atom is -0.479 e. The molecule has 0 unspecified atom stereocenters. The molecule has 1 fully saturated rings. The van der Waals surface area contributed by atoms with E-state index in [9.17, 15) is 35.2 Å². The molecule has 0 spiro atoms. The van der Waals surface area contributed by atoms with Gasteiger partial charge in [-0.15, -0.1) is 0 Å². The predicted molar refractivity (Wildman–Crippen MR) is 113 cm³/mol. The van der Waals surface area contributed by atoms with Gasteiger partial charge in [0.05, 0.1) is 18.1 Å². The zero-order chi connectivity index (χ0) is 26.0. The van der Waals surface area contributed by atoms with Gasteiger partial charge in [0.2, 0.25) is 39.1 Å². The normalized spacial score (nSPS) is 14.6. The number of hydrogen-bond acceptors (Lipinski definition) is 6. The van der Waals surface area contributed by atoms with Gasteiger partial charge in [0, 0.05) is 18.8 Å². The first-order valence-corrected chi connectivity index (χ1v) is 11.8. The first-order valence-electron chi connectivity index (χ1n) is 10.3. The number of rotatable bonds is 7. The second-order valence-corrected chi connectivity index (χ2v) is 9.39. The number of nitrogens with one attached hydrogen (secondary N) is 1. The Labute approximate surface area is 201 Å². The van der Waals surface area contributed by atoms with Crippen molar-refractivity contribution in [2.45, 2.75) is 11.5 Å². The summed E-state index contributed by atoms with van der Waals surface area (Å²) in [6.45, 7) is 0.321. The van der Waals surface area contributed by atoms with E-state index in [0.29, 0.717) is 13.2 Å². The number of amides is 1. The quantitative estimate of drug-likeness (QED) is 0.282. The molecule has 1 saturated heterocycles. The minimum absolute atomic E-state index is 0.0352. The van der Waals surface area contributed by atoms with E-state index in [1.165, 1.54) is 40.7 Å². The lowest BCUT2D eigenvalue weighted by atomic mass is 10.2. The van der Waals surface area contributed by atoms with E-state index in [1.54, 1.807) is 0 Å². The summed E-state index contributed by atoms with van der Waals surface area (Å²) in [5.74, 6) is -13.6. The molecular weight excluding hydrogens is 515 g/mol. The van der Waals surface area contributed by atoms with Crippen LogP contribution in [0.1, 0.15) is 16.3 Å². The molecule has 8 nitrogen and oxygen atoms in total. The fourth-order valence-electron chi connectivity index (χ4n) is 3.27. The zero-order valence-corrected chi connectivity index (χ0v) is 19.0. The molecule has 36 heavy (non-hydrogen) atoms. The Bertz CT molecular complexity index is 1360. The molecule has 0 atom stereocenters. The van der Waals surface area contributed by atoms with Crippen LogP contribution in [0.4, 0.5) is 27.6 Å². The van der Waals surface area contributed by atoms with Crippen LogP contribution in [0.15, 0.2) is 45.7 Å². The second kappa shape index (κ2) is 10.2. The number of ether oxygens (including phenoxy) is 2. The number of carbonyl (C=O) groups excluding carboxylic acids is 1. The van der Waals surface area contributed by atoms with E-state index in [1.807, 2.05) is 0 Å². The number of nitrogens with zero attached hydrogens (tertiary/aromatic N) is 1. The maximum Gasteiger partial charge on any atom is 0.291 e. The van der Waals surface area contributed by atoms with Crippen LogP contribution in [0.2, 0.25) is 0 Å². The van der Waals surface area contributed by atoms with Crippen molar-refractivity contribution < 1.29 is 49.1 Å². The van der Waals surface area contributed by atoms with E-state index in [2.05, 4.69) is 10.1 Å². The Morgan fingerprint density at radius 2 is 1.47 bits per heavy atom. The smallest absolute Gasteiger partial charge is 0.291 e. The zero-order valence-electron chi connectivity index (χ0n) is 18.2.